The van der Waals surface area contributed by atoms with Crippen LogP contribution < -0.4 is 15.2 Å². The second-order valence-electron chi connectivity index (χ2n) is 5.37. The number of nitrogens with zero attached hydrogens (tertiary/aromatic N) is 4. The first-order valence-electron chi connectivity index (χ1n) is 6.12. The molecular formula is C11H18N6O3S. The Morgan fingerprint density at radius 3 is 2.67 bits per heavy atom. The minimum Gasteiger partial charge on any atom is -0.479 e. The van der Waals surface area contributed by atoms with Crippen LogP contribution in [0.4, 0.5) is 5.95 Å². The van der Waals surface area contributed by atoms with Crippen LogP contribution in [-0.2, 0) is 16.6 Å². The van der Waals surface area contributed by atoms with Gasteiger partial charge in [-0.15, -0.1) is 0 Å². The van der Waals surface area contributed by atoms with Gasteiger partial charge in [-0.05, 0) is 13.8 Å². The molecule has 10 heteroatoms. The van der Waals surface area contributed by atoms with Gasteiger partial charge in [0.25, 0.3) is 0 Å². The van der Waals surface area contributed by atoms with Gasteiger partial charge in [0.1, 0.15) is 6.33 Å². The maximum absolute atomic E-state index is 11.4. The number of fused-ring (bicyclic) bond motifs is 1. The van der Waals surface area contributed by atoms with Crippen molar-refractivity contribution in [3.05, 3.63) is 6.33 Å². The number of nitrogens with two attached hydrogens (primary N) is 1. The molecule has 0 spiro atoms. The highest BCUT2D eigenvalue weighted by molar-refractivity contribution is 7.88. The molecular weight excluding hydrogens is 296 g/mol. The Bertz CT molecular complexity index is 768. The van der Waals surface area contributed by atoms with Gasteiger partial charge in [-0.1, -0.05) is 0 Å². The number of sulfonamides is 1. The summed E-state index contributed by atoms with van der Waals surface area (Å²) in [6, 6.07) is 0. The van der Waals surface area contributed by atoms with Crippen LogP contribution in [0.1, 0.15) is 13.8 Å². The molecule has 9 nitrogen and oxygen atoms in total. The molecule has 2 rings (SSSR count). The average molecular weight is 314 g/mol. The highest BCUT2D eigenvalue weighted by atomic mass is 32.2. The van der Waals surface area contributed by atoms with Crippen LogP contribution >= 0.6 is 0 Å². The molecule has 0 bridgehead atoms. The molecule has 0 atom stereocenters. The molecule has 0 amide bonds. The molecule has 0 aliphatic heterocycles. The Labute approximate surface area is 122 Å². The third kappa shape index (κ3) is 3.39. The molecule has 0 aliphatic carbocycles. The fourth-order valence-electron chi connectivity index (χ4n) is 2.17. The zero-order chi connectivity index (χ0) is 15.8. The maximum atomic E-state index is 11.4. The van der Waals surface area contributed by atoms with Crippen molar-refractivity contribution in [2.75, 3.05) is 19.1 Å². The minimum atomic E-state index is -3.35. The van der Waals surface area contributed by atoms with E-state index >= 15 is 0 Å². The normalized spacial score (nSPS) is 12.8. The Morgan fingerprint density at radius 2 is 2.10 bits per heavy atom. The predicted molar refractivity (Wildman–Crippen MR) is 78.3 cm³/mol. The molecule has 2 aromatic rings. The van der Waals surface area contributed by atoms with E-state index in [9.17, 15) is 8.42 Å². The molecule has 0 aliphatic rings. The lowest BCUT2D eigenvalue weighted by Crippen LogP contribution is -2.46. The largest absolute Gasteiger partial charge is 0.479 e. The van der Waals surface area contributed by atoms with Gasteiger partial charge >= 0.3 is 0 Å². The summed E-state index contributed by atoms with van der Waals surface area (Å²) in [7, 11) is -1.87. The number of imidazole rings is 1. The van der Waals surface area contributed by atoms with Crippen LogP contribution in [0.3, 0.4) is 0 Å². The Balaban J connectivity index is 2.45. The third-order valence-electron chi connectivity index (χ3n) is 2.74. The first-order chi connectivity index (χ1) is 9.63. The zero-order valence-electron chi connectivity index (χ0n) is 12.3. The number of nitrogen functional groups attached to an aromatic ring is 1. The number of ether oxygens (including phenoxy) is 1. The number of methoxy groups -OCH3 is 1. The first-order valence-corrected chi connectivity index (χ1v) is 8.02. The van der Waals surface area contributed by atoms with Crippen molar-refractivity contribution in [2.24, 2.45) is 0 Å². The number of aromatic nitrogens is 4. The van der Waals surface area contributed by atoms with E-state index in [1.807, 2.05) is 0 Å². The Kier molecular flexibility index (Phi) is 3.76. The quantitative estimate of drug-likeness (QED) is 0.779. The van der Waals surface area contributed by atoms with Crippen LogP contribution in [-0.4, -0.2) is 46.8 Å². The molecule has 116 valence electrons. The monoisotopic (exact) mass is 314 g/mol. The van der Waals surface area contributed by atoms with Gasteiger partial charge in [0.15, 0.2) is 11.2 Å². The number of rotatable bonds is 5. The fraction of sp³-hybridized carbons (Fsp3) is 0.545. The number of anilines is 1. The molecule has 2 aromatic heterocycles. The van der Waals surface area contributed by atoms with E-state index in [0.717, 1.165) is 6.26 Å². The third-order valence-corrected chi connectivity index (χ3v) is 3.66. The summed E-state index contributed by atoms with van der Waals surface area (Å²) in [5.41, 5.74) is 6.07. The van der Waals surface area contributed by atoms with Crippen molar-refractivity contribution in [3.63, 3.8) is 0 Å². The van der Waals surface area contributed by atoms with Crippen molar-refractivity contribution in [1.82, 2.24) is 24.2 Å². The van der Waals surface area contributed by atoms with E-state index < -0.39 is 15.6 Å². The lowest BCUT2D eigenvalue weighted by Gasteiger charge is -2.25. The van der Waals surface area contributed by atoms with E-state index in [1.54, 1.807) is 18.4 Å². The van der Waals surface area contributed by atoms with Gasteiger partial charge in [-0.25, -0.2) is 23.1 Å². The summed E-state index contributed by atoms with van der Waals surface area (Å²) in [5.74, 6) is 0.534. The van der Waals surface area contributed by atoms with Crippen LogP contribution in [0.5, 0.6) is 5.88 Å². The van der Waals surface area contributed by atoms with Crippen LogP contribution in [0.2, 0.25) is 0 Å². The predicted octanol–water partition coefficient (Wildman–Crippen LogP) is -0.255. The van der Waals surface area contributed by atoms with Crippen molar-refractivity contribution < 1.29 is 13.2 Å². The summed E-state index contributed by atoms with van der Waals surface area (Å²) in [6.07, 6.45) is 2.45. The molecule has 2 heterocycles. The number of hydrogen-bond donors (Lipinski definition) is 2. The molecule has 21 heavy (non-hydrogen) atoms. The molecule has 0 unspecified atom stereocenters. The highest BCUT2D eigenvalue weighted by Gasteiger charge is 2.26. The van der Waals surface area contributed by atoms with Gasteiger partial charge < -0.3 is 10.5 Å². The van der Waals surface area contributed by atoms with Crippen molar-refractivity contribution in [2.45, 2.75) is 25.9 Å². The summed E-state index contributed by atoms with van der Waals surface area (Å²) in [5, 5.41) is 0. The van der Waals surface area contributed by atoms with E-state index in [4.69, 9.17) is 10.5 Å². The van der Waals surface area contributed by atoms with Gasteiger partial charge in [-0.3, -0.25) is 4.57 Å². The van der Waals surface area contributed by atoms with E-state index in [1.165, 1.54) is 13.4 Å². The lowest BCUT2D eigenvalue weighted by molar-refractivity contribution is 0.395. The van der Waals surface area contributed by atoms with E-state index in [-0.39, 0.29) is 12.5 Å². The van der Waals surface area contributed by atoms with Crippen LogP contribution in [0, 0.1) is 0 Å². The molecule has 3 N–H and O–H groups in total. The van der Waals surface area contributed by atoms with Crippen LogP contribution in [0.25, 0.3) is 11.2 Å². The van der Waals surface area contributed by atoms with Gasteiger partial charge in [0, 0.05) is 12.1 Å². The smallest absolute Gasteiger partial charge is 0.245 e. The van der Waals surface area contributed by atoms with Gasteiger partial charge in [0.05, 0.1) is 13.4 Å². The summed E-state index contributed by atoms with van der Waals surface area (Å²) in [6.45, 7) is 3.76. The van der Waals surface area contributed by atoms with Crippen molar-refractivity contribution in [3.8, 4) is 5.88 Å². The lowest BCUT2D eigenvalue weighted by atomic mass is 10.1. The Morgan fingerprint density at radius 1 is 1.43 bits per heavy atom. The summed E-state index contributed by atoms with van der Waals surface area (Å²) >= 11 is 0. The van der Waals surface area contributed by atoms with Crippen LogP contribution in [0.15, 0.2) is 6.33 Å². The molecule has 0 fully saturated rings. The SMILES string of the molecule is COc1ncnc2c1nc(N)n2CC(C)(C)NS(C)(=O)=O. The molecule has 0 aromatic carbocycles. The van der Waals surface area contributed by atoms with Crippen molar-refractivity contribution in [1.29, 1.82) is 0 Å². The standard InChI is InChI=1S/C11H18N6O3S/c1-11(2,16-21(4,18)19)5-17-8-7(15-10(17)12)9(20-3)14-6-13-8/h6,16H,5H2,1-4H3,(H2,12,15). The number of hydrogen-bond acceptors (Lipinski definition) is 7. The topological polar surface area (TPSA) is 125 Å². The Hall–Kier alpha value is -1.94. The number of nitrogens with one attached hydrogen (secondary N) is 1. The maximum Gasteiger partial charge on any atom is 0.245 e. The van der Waals surface area contributed by atoms with Gasteiger partial charge in [0.2, 0.25) is 21.9 Å². The molecule has 0 radical (unpaired) electrons. The summed E-state index contributed by atoms with van der Waals surface area (Å²) in [4.78, 5) is 12.3. The average Bonchev–Trinajstić information content (AvgIpc) is 2.62. The van der Waals surface area contributed by atoms with Gasteiger partial charge in [-0.2, -0.15) is 4.98 Å². The second-order valence-corrected chi connectivity index (χ2v) is 7.12. The first kappa shape index (κ1) is 15.4. The highest BCUT2D eigenvalue weighted by Crippen LogP contribution is 2.24. The van der Waals surface area contributed by atoms with E-state index in [0.29, 0.717) is 17.0 Å². The summed E-state index contributed by atoms with van der Waals surface area (Å²) < 4.78 is 32.1. The zero-order valence-corrected chi connectivity index (χ0v) is 13.1. The van der Waals surface area contributed by atoms with E-state index in [2.05, 4.69) is 19.7 Å². The van der Waals surface area contributed by atoms with Crippen molar-refractivity contribution >= 4 is 27.1 Å². The minimum absolute atomic E-state index is 0.215. The fourth-order valence-corrected chi connectivity index (χ4v) is 3.24. The second kappa shape index (κ2) is 5.11. The molecule has 0 saturated heterocycles. The molecule has 0 saturated carbocycles.